The molecule has 3 rings (SSSR count). The van der Waals surface area contributed by atoms with E-state index in [1.807, 2.05) is 0 Å². The van der Waals surface area contributed by atoms with Crippen molar-refractivity contribution in [3.63, 3.8) is 0 Å². The summed E-state index contributed by atoms with van der Waals surface area (Å²) in [6, 6.07) is 8.75. The van der Waals surface area contributed by atoms with Gasteiger partial charge in [-0.15, -0.1) is 23.5 Å². The number of benzene rings is 1. The lowest BCUT2D eigenvalue weighted by Crippen LogP contribution is -2.08. The quantitative estimate of drug-likeness (QED) is 0.776. The predicted octanol–water partition coefficient (Wildman–Crippen LogP) is 4.92. The van der Waals surface area contributed by atoms with Crippen LogP contribution in [-0.4, -0.2) is 9.83 Å². The highest BCUT2D eigenvalue weighted by Crippen LogP contribution is 2.53. The molecular weight excluding hydrogens is 300 g/mol. The number of thioether (sulfide) groups is 2. The molecule has 2 aliphatic rings. The van der Waals surface area contributed by atoms with E-state index in [0.717, 1.165) is 15.7 Å². The van der Waals surface area contributed by atoms with Crippen molar-refractivity contribution in [2.75, 3.05) is 0 Å². The molecule has 0 amide bonds. The third-order valence-electron chi connectivity index (χ3n) is 3.46. The molecule has 1 aromatic carbocycles. The largest absolute Gasteiger partial charge is 0.144 e. The molecule has 2 bridgehead atoms. The van der Waals surface area contributed by atoms with Crippen LogP contribution in [0.3, 0.4) is 0 Å². The minimum atomic E-state index is 0.877. The molecule has 0 nitrogen and oxygen atoms in total. The molecule has 1 unspecified atom stereocenters. The van der Waals surface area contributed by atoms with E-state index in [-0.39, 0.29) is 0 Å². The Morgan fingerprint density at radius 1 is 1.25 bits per heavy atom. The Morgan fingerprint density at radius 3 is 2.69 bits per heavy atom. The summed E-state index contributed by atoms with van der Waals surface area (Å²) < 4.78 is 2.05. The van der Waals surface area contributed by atoms with Gasteiger partial charge in [0.1, 0.15) is 0 Å². The minimum absolute atomic E-state index is 0.877. The van der Waals surface area contributed by atoms with E-state index in [4.69, 9.17) is 0 Å². The van der Waals surface area contributed by atoms with E-state index in [0.29, 0.717) is 0 Å². The van der Waals surface area contributed by atoms with Gasteiger partial charge in [0.25, 0.3) is 0 Å². The molecule has 1 aliphatic carbocycles. The zero-order chi connectivity index (χ0) is 11.0. The zero-order valence-corrected chi connectivity index (χ0v) is 12.3. The lowest BCUT2D eigenvalue weighted by molar-refractivity contribution is 0.614. The third-order valence-corrected chi connectivity index (χ3v) is 7.41. The molecule has 0 spiro atoms. The number of halogens is 1. The number of rotatable bonds is 3. The molecule has 86 valence electrons. The van der Waals surface area contributed by atoms with Gasteiger partial charge >= 0.3 is 0 Å². The molecule has 16 heavy (non-hydrogen) atoms. The van der Waals surface area contributed by atoms with Crippen molar-refractivity contribution in [2.45, 2.75) is 34.8 Å². The second kappa shape index (κ2) is 4.95. The smallest absolute Gasteiger partial charge is 0.0537 e. The van der Waals surface area contributed by atoms with Crippen LogP contribution in [0.2, 0.25) is 0 Å². The average molecular weight is 315 g/mol. The summed E-state index contributed by atoms with van der Waals surface area (Å²) in [5.41, 5.74) is 1.46. The molecule has 1 saturated heterocycles. The molecule has 1 saturated carbocycles. The summed E-state index contributed by atoms with van der Waals surface area (Å²) >= 11 is 7.87. The SMILES string of the molecule is Brc1ccc(CSC2S[C@H]3CC[C@@H]2C3)cc1. The van der Waals surface area contributed by atoms with E-state index in [9.17, 15) is 0 Å². The standard InChI is InChI=1S/C13H15BrS2/c14-11-4-1-9(2-5-11)8-15-13-10-3-6-12(7-10)16-13/h1-2,4-5,10,12-13H,3,6-8H2/t10-,12+,13?/m1/s1. The first-order chi connectivity index (χ1) is 7.81. The Morgan fingerprint density at radius 2 is 2.06 bits per heavy atom. The fraction of sp³-hybridized carbons (Fsp3) is 0.538. The Kier molecular flexibility index (Phi) is 3.55. The van der Waals surface area contributed by atoms with Crippen molar-refractivity contribution >= 4 is 39.5 Å². The summed E-state index contributed by atoms with van der Waals surface area (Å²) in [4.78, 5) is 0. The first-order valence-corrected chi connectivity index (χ1v) is 8.61. The fourth-order valence-corrected chi connectivity index (χ4v) is 6.38. The van der Waals surface area contributed by atoms with Gasteiger partial charge in [0.15, 0.2) is 0 Å². The van der Waals surface area contributed by atoms with Crippen molar-refractivity contribution in [1.29, 1.82) is 0 Å². The normalized spacial score (nSPS) is 32.2. The van der Waals surface area contributed by atoms with Crippen LogP contribution in [0.4, 0.5) is 0 Å². The summed E-state index contributed by atoms with van der Waals surface area (Å²) in [5, 5.41) is 0.993. The van der Waals surface area contributed by atoms with Crippen LogP contribution in [0.15, 0.2) is 28.7 Å². The highest BCUT2D eigenvalue weighted by Gasteiger charge is 2.40. The van der Waals surface area contributed by atoms with Gasteiger partial charge < -0.3 is 0 Å². The van der Waals surface area contributed by atoms with Crippen molar-refractivity contribution < 1.29 is 0 Å². The van der Waals surface area contributed by atoms with Crippen LogP contribution in [0.25, 0.3) is 0 Å². The molecular formula is C13H15BrS2. The van der Waals surface area contributed by atoms with Crippen molar-refractivity contribution in [3.8, 4) is 0 Å². The lowest BCUT2D eigenvalue weighted by Gasteiger charge is -2.20. The molecule has 1 heterocycles. The highest BCUT2D eigenvalue weighted by atomic mass is 79.9. The lowest BCUT2D eigenvalue weighted by atomic mass is 10.1. The summed E-state index contributed by atoms with van der Waals surface area (Å²) in [5.74, 6) is 2.18. The van der Waals surface area contributed by atoms with E-state index < -0.39 is 0 Å². The maximum Gasteiger partial charge on any atom is 0.0537 e. The maximum atomic E-state index is 3.48. The van der Waals surface area contributed by atoms with Crippen molar-refractivity contribution in [1.82, 2.24) is 0 Å². The van der Waals surface area contributed by atoms with Gasteiger partial charge in [-0.25, -0.2) is 0 Å². The van der Waals surface area contributed by atoms with Gasteiger partial charge in [0.05, 0.1) is 4.58 Å². The predicted molar refractivity (Wildman–Crippen MR) is 77.9 cm³/mol. The fourth-order valence-electron chi connectivity index (χ4n) is 2.58. The molecule has 0 N–H and O–H groups in total. The van der Waals surface area contributed by atoms with E-state index in [2.05, 4.69) is 63.7 Å². The van der Waals surface area contributed by atoms with Crippen LogP contribution < -0.4 is 0 Å². The molecule has 3 atom stereocenters. The number of hydrogen-bond acceptors (Lipinski definition) is 2. The van der Waals surface area contributed by atoms with Gasteiger partial charge in [0, 0.05) is 15.5 Å². The van der Waals surface area contributed by atoms with Crippen LogP contribution in [0, 0.1) is 5.92 Å². The Balaban J connectivity index is 1.55. The number of fused-ring (bicyclic) bond motifs is 2. The second-order valence-electron chi connectivity index (χ2n) is 4.64. The molecule has 0 radical (unpaired) electrons. The first-order valence-electron chi connectivity index (χ1n) is 5.83. The zero-order valence-electron chi connectivity index (χ0n) is 9.06. The molecule has 2 fully saturated rings. The Bertz CT molecular complexity index is 363. The first kappa shape index (κ1) is 11.5. The average Bonchev–Trinajstić information content (AvgIpc) is 2.90. The van der Waals surface area contributed by atoms with Crippen molar-refractivity contribution in [2.24, 2.45) is 5.92 Å². The van der Waals surface area contributed by atoms with Crippen LogP contribution in [-0.2, 0) is 5.75 Å². The molecule has 1 aromatic rings. The number of hydrogen-bond donors (Lipinski definition) is 0. The van der Waals surface area contributed by atoms with E-state index in [1.54, 1.807) is 0 Å². The van der Waals surface area contributed by atoms with Crippen LogP contribution in [0.5, 0.6) is 0 Å². The monoisotopic (exact) mass is 314 g/mol. The van der Waals surface area contributed by atoms with Gasteiger partial charge in [-0.2, -0.15) is 0 Å². The third kappa shape index (κ3) is 2.46. The van der Waals surface area contributed by atoms with Gasteiger partial charge in [0.2, 0.25) is 0 Å². The summed E-state index contributed by atoms with van der Waals surface area (Å²) in [6.45, 7) is 0. The Hall–Kier alpha value is 0.400. The van der Waals surface area contributed by atoms with Crippen LogP contribution in [0.1, 0.15) is 24.8 Å². The van der Waals surface area contributed by atoms with Gasteiger partial charge in [-0.3, -0.25) is 0 Å². The summed E-state index contributed by atoms with van der Waals surface area (Å²) in [7, 11) is 0. The summed E-state index contributed by atoms with van der Waals surface area (Å²) in [6.07, 6.45) is 4.45. The molecule has 3 heteroatoms. The minimum Gasteiger partial charge on any atom is -0.144 e. The topological polar surface area (TPSA) is 0 Å². The van der Waals surface area contributed by atoms with Crippen molar-refractivity contribution in [3.05, 3.63) is 34.3 Å². The second-order valence-corrected chi connectivity index (χ2v) is 8.43. The van der Waals surface area contributed by atoms with E-state index in [1.165, 1.54) is 35.1 Å². The van der Waals surface area contributed by atoms with Gasteiger partial charge in [-0.05, 0) is 42.9 Å². The highest BCUT2D eigenvalue weighted by molar-refractivity contribution is 9.10. The van der Waals surface area contributed by atoms with Gasteiger partial charge in [-0.1, -0.05) is 28.1 Å². The Labute approximate surface area is 114 Å². The molecule has 0 aromatic heterocycles. The maximum absolute atomic E-state index is 3.48. The molecule has 1 aliphatic heterocycles. The van der Waals surface area contributed by atoms with E-state index >= 15 is 0 Å². The van der Waals surface area contributed by atoms with Crippen LogP contribution >= 0.6 is 39.5 Å².